The lowest BCUT2D eigenvalue weighted by Gasteiger charge is -2.07. The van der Waals surface area contributed by atoms with Crippen LogP contribution in [0.3, 0.4) is 0 Å². The molecule has 0 amide bonds. The minimum atomic E-state index is -0.475. The van der Waals surface area contributed by atoms with Gasteiger partial charge in [0, 0.05) is 6.07 Å². The van der Waals surface area contributed by atoms with E-state index in [4.69, 9.17) is 4.74 Å². The highest BCUT2D eigenvalue weighted by atomic mass is 16.6. The molecule has 0 aliphatic heterocycles. The van der Waals surface area contributed by atoms with Crippen LogP contribution < -0.4 is 10.1 Å². The lowest BCUT2D eigenvalue weighted by molar-refractivity contribution is -0.384. The molecule has 0 bridgehead atoms. The predicted octanol–water partition coefficient (Wildman–Crippen LogP) is 2.29. The Morgan fingerprint density at radius 2 is 2.04 bits per heavy atom. The van der Waals surface area contributed by atoms with Crippen molar-refractivity contribution in [2.75, 3.05) is 12.4 Å². The maximum Gasteiger partial charge on any atom is 0.292 e. The molecule has 0 saturated heterocycles. The third-order valence-electron chi connectivity index (χ3n) is 3.78. The summed E-state index contributed by atoms with van der Waals surface area (Å²) in [5.41, 5.74) is 2.27. The molecule has 1 aromatic heterocycles. The molecule has 2 N–H and O–H groups in total. The fourth-order valence-electron chi connectivity index (χ4n) is 2.41. The Labute approximate surface area is 149 Å². The minimum Gasteiger partial charge on any atom is -0.497 e. The summed E-state index contributed by atoms with van der Waals surface area (Å²) in [6, 6.07) is 11.8. The molecule has 1 heterocycles. The lowest BCUT2D eigenvalue weighted by Crippen LogP contribution is -2.04. The first-order valence-electron chi connectivity index (χ1n) is 7.78. The van der Waals surface area contributed by atoms with E-state index >= 15 is 0 Å². The van der Waals surface area contributed by atoms with Gasteiger partial charge in [-0.15, -0.1) is 5.10 Å². The van der Waals surface area contributed by atoms with Crippen LogP contribution in [-0.4, -0.2) is 32.1 Å². The number of nitrogens with one attached hydrogen (secondary N) is 1. The number of rotatable bonds is 7. The molecule has 0 saturated carbocycles. The van der Waals surface area contributed by atoms with Crippen LogP contribution >= 0.6 is 0 Å². The summed E-state index contributed by atoms with van der Waals surface area (Å²) in [5, 5.41) is 31.5. The fraction of sp³-hybridized carbons (Fsp3) is 0.176. The standard InChI is InChI=1S/C17H17N5O4/c1-26-15-5-3-14(4-6-15)21-10-13(19-20-21)9-18-16-8-12(11-23)2-7-17(16)22(24)25/h2-8,10,18,23H,9,11H2,1H3. The van der Waals surface area contributed by atoms with Crippen LogP contribution in [0.15, 0.2) is 48.7 Å². The SMILES string of the molecule is COc1ccc(-n2cc(CNc3cc(CO)ccc3[N+](=O)[O-])nn2)cc1. The van der Waals surface area contributed by atoms with Crippen molar-refractivity contribution in [3.63, 3.8) is 0 Å². The van der Waals surface area contributed by atoms with Gasteiger partial charge in [0.15, 0.2) is 0 Å². The fourth-order valence-corrected chi connectivity index (χ4v) is 2.41. The molecule has 2 aromatic carbocycles. The molecule has 3 aromatic rings. The first-order valence-corrected chi connectivity index (χ1v) is 7.78. The number of aliphatic hydroxyl groups is 1. The normalized spacial score (nSPS) is 10.5. The van der Waals surface area contributed by atoms with Crippen LogP contribution in [0.5, 0.6) is 5.75 Å². The number of ether oxygens (including phenoxy) is 1. The zero-order valence-electron chi connectivity index (χ0n) is 14.0. The van der Waals surface area contributed by atoms with Crippen molar-refractivity contribution in [3.8, 4) is 11.4 Å². The summed E-state index contributed by atoms with van der Waals surface area (Å²) in [5.74, 6) is 0.742. The van der Waals surface area contributed by atoms with Crippen LogP contribution in [0.2, 0.25) is 0 Å². The summed E-state index contributed by atoms with van der Waals surface area (Å²) in [6.07, 6.45) is 1.73. The van der Waals surface area contributed by atoms with Gasteiger partial charge in [0.25, 0.3) is 5.69 Å². The van der Waals surface area contributed by atoms with Crippen LogP contribution in [0, 0.1) is 10.1 Å². The van der Waals surface area contributed by atoms with Crippen molar-refractivity contribution in [1.29, 1.82) is 0 Å². The number of hydrogen-bond acceptors (Lipinski definition) is 7. The Morgan fingerprint density at radius 1 is 1.27 bits per heavy atom. The van der Waals surface area contributed by atoms with E-state index in [1.165, 1.54) is 12.1 Å². The molecule has 9 heteroatoms. The molecule has 0 atom stereocenters. The molecule has 0 aliphatic rings. The first kappa shape index (κ1) is 17.4. The van der Waals surface area contributed by atoms with Crippen LogP contribution in [0.25, 0.3) is 5.69 Å². The molecule has 0 unspecified atom stereocenters. The van der Waals surface area contributed by atoms with E-state index in [0.717, 1.165) is 11.4 Å². The zero-order chi connectivity index (χ0) is 18.5. The van der Waals surface area contributed by atoms with E-state index in [1.807, 2.05) is 24.3 Å². The van der Waals surface area contributed by atoms with E-state index < -0.39 is 4.92 Å². The summed E-state index contributed by atoms with van der Waals surface area (Å²) in [6.45, 7) is 0.0617. The second kappa shape index (κ2) is 7.62. The monoisotopic (exact) mass is 355 g/mol. The van der Waals surface area contributed by atoms with Gasteiger partial charge in [0.05, 0.1) is 37.1 Å². The second-order valence-corrected chi connectivity index (χ2v) is 5.47. The summed E-state index contributed by atoms with van der Waals surface area (Å²) < 4.78 is 6.73. The number of aliphatic hydroxyl groups excluding tert-OH is 1. The lowest BCUT2D eigenvalue weighted by atomic mass is 10.2. The third-order valence-corrected chi connectivity index (χ3v) is 3.78. The highest BCUT2D eigenvalue weighted by Crippen LogP contribution is 2.26. The van der Waals surface area contributed by atoms with Gasteiger partial charge in [-0.05, 0) is 42.0 Å². The van der Waals surface area contributed by atoms with Crippen molar-refractivity contribution in [2.24, 2.45) is 0 Å². The van der Waals surface area contributed by atoms with Crippen molar-refractivity contribution in [2.45, 2.75) is 13.2 Å². The van der Waals surface area contributed by atoms with Gasteiger partial charge in [-0.3, -0.25) is 10.1 Å². The molecule has 9 nitrogen and oxygen atoms in total. The van der Waals surface area contributed by atoms with E-state index in [2.05, 4.69) is 15.6 Å². The van der Waals surface area contributed by atoms with Gasteiger partial charge in [0.1, 0.15) is 17.1 Å². The summed E-state index contributed by atoms with van der Waals surface area (Å²) in [4.78, 5) is 10.7. The maximum atomic E-state index is 11.1. The molecule has 0 spiro atoms. The van der Waals surface area contributed by atoms with E-state index in [1.54, 1.807) is 24.1 Å². The van der Waals surface area contributed by atoms with Gasteiger partial charge in [0.2, 0.25) is 0 Å². The number of anilines is 1. The van der Waals surface area contributed by atoms with Crippen molar-refractivity contribution in [3.05, 3.63) is 70.0 Å². The van der Waals surface area contributed by atoms with Gasteiger partial charge in [-0.25, -0.2) is 4.68 Å². The molecule has 26 heavy (non-hydrogen) atoms. The van der Waals surface area contributed by atoms with Crippen molar-refractivity contribution < 1.29 is 14.8 Å². The minimum absolute atomic E-state index is 0.0650. The number of nitro benzene ring substituents is 1. The topological polar surface area (TPSA) is 115 Å². The summed E-state index contributed by atoms with van der Waals surface area (Å²) in [7, 11) is 1.60. The number of nitrogens with zero attached hydrogens (tertiary/aromatic N) is 4. The van der Waals surface area contributed by atoms with Crippen molar-refractivity contribution >= 4 is 11.4 Å². The third kappa shape index (κ3) is 3.78. The van der Waals surface area contributed by atoms with E-state index in [0.29, 0.717) is 16.9 Å². The number of hydrogen-bond donors (Lipinski definition) is 2. The Morgan fingerprint density at radius 3 is 2.69 bits per heavy atom. The highest BCUT2D eigenvalue weighted by molar-refractivity contribution is 5.62. The largest absolute Gasteiger partial charge is 0.497 e. The number of benzene rings is 2. The maximum absolute atomic E-state index is 11.1. The molecule has 0 radical (unpaired) electrons. The molecule has 0 fully saturated rings. The predicted molar refractivity (Wildman–Crippen MR) is 94.3 cm³/mol. The average Bonchev–Trinajstić information content (AvgIpc) is 3.15. The molecule has 3 rings (SSSR count). The number of methoxy groups -OCH3 is 1. The molecular formula is C17H17N5O4. The summed E-state index contributed by atoms with van der Waals surface area (Å²) >= 11 is 0. The quantitative estimate of drug-likeness (QED) is 0.493. The molecular weight excluding hydrogens is 338 g/mol. The van der Waals surface area contributed by atoms with Crippen LogP contribution in [0.4, 0.5) is 11.4 Å². The number of nitro groups is 1. The van der Waals surface area contributed by atoms with Crippen LogP contribution in [-0.2, 0) is 13.2 Å². The zero-order valence-corrected chi connectivity index (χ0v) is 14.0. The Hall–Kier alpha value is -3.46. The smallest absolute Gasteiger partial charge is 0.292 e. The second-order valence-electron chi connectivity index (χ2n) is 5.47. The van der Waals surface area contributed by atoms with Gasteiger partial charge in [-0.1, -0.05) is 5.21 Å². The van der Waals surface area contributed by atoms with Gasteiger partial charge < -0.3 is 15.2 Å². The van der Waals surface area contributed by atoms with Crippen molar-refractivity contribution in [1.82, 2.24) is 15.0 Å². The Balaban J connectivity index is 1.74. The Kier molecular flexibility index (Phi) is 5.09. The van der Waals surface area contributed by atoms with Gasteiger partial charge in [-0.2, -0.15) is 0 Å². The molecule has 134 valence electrons. The van der Waals surface area contributed by atoms with Gasteiger partial charge >= 0.3 is 0 Å². The molecule has 0 aliphatic carbocycles. The first-order chi connectivity index (χ1) is 12.6. The highest BCUT2D eigenvalue weighted by Gasteiger charge is 2.14. The van der Waals surface area contributed by atoms with E-state index in [-0.39, 0.29) is 18.8 Å². The van der Waals surface area contributed by atoms with Crippen LogP contribution in [0.1, 0.15) is 11.3 Å². The Bertz CT molecular complexity index is 908. The van der Waals surface area contributed by atoms with E-state index in [9.17, 15) is 15.2 Å². The average molecular weight is 355 g/mol. The number of aromatic nitrogens is 3.